The van der Waals surface area contributed by atoms with Crippen LogP contribution in [0.1, 0.15) is 47.9 Å². The first kappa shape index (κ1) is 26.0. The monoisotopic (exact) mass is 500 g/mol. The van der Waals surface area contributed by atoms with E-state index < -0.39 is 6.04 Å². The highest BCUT2D eigenvalue weighted by atomic mass is 32.2. The van der Waals surface area contributed by atoms with Gasteiger partial charge in [-0.25, -0.2) is 0 Å². The Hall–Kier alpha value is -3.05. The van der Waals surface area contributed by atoms with Gasteiger partial charge in [0.1, 0.15) is 6.04 Å². The summed E-state index contributed by atoms with van der Waals surface area (Å²) in [4.78, 5) is 29.1. The Morgan fingerprint density at radius 2 is 1.47 bits per heavy atom. The first-order chi connectivity index (χ1) is 17.6. The van der Waals surface area contributed by atoms with E-state index in [4.69, 9.17) is 0 Å². The molecule has 0 unspecified atom stereocenters. The Balaban J connectivity index is 1.53. The predicted octanol–water partition coefficient (Wildman–Crippen LogP) is 5.93. The van der Waals surface area contributed by atoms with Crippen LogP contribution >= 0.6 is 11.8 Å². The molecule has 0 spiro atoms. The lowest BCUT2D eigenvalue weighted by atomic mass is 10.0. The Kier molecular flexibility index (Phi) is 9.62. The van der Waals surface area contributed by atoms with E-state index in [1.807, 2.05) is 60.7 Å². The molecular weight excluding hydrogens is 464 g/mol. The van der Waals surface area contributed by atoms with E-state index >= 15 is 0 Å². The van der Waals surface area contributed by atoms with Crippen LogP contribution in [0.15, 0.2) is 84.9 Å². The fraction of sp³-hybridized carbons (Fsp3) is 0.355. The summed E-state index contributed by atoms with van der Waals surface area (Å²) in [6.07, 6.45) is 4.83. The molecule has 4 nitrogen and oxygen atoms in total. The van der Waals surface area contributed by atoms with Gasteiger partial charge in [0.25, 0.3) is 0 Å². The summed E-state index contributed by atoms with van der Waals surface area (Å²) in [5.74, 6) is 1.06. The van der Waals surface area contributed by atoms with E-state index in [1.54, 1.807) is 16.7 Å². The number of benzene rings is 3. The van der Waals surface area contributed by atoms with Crippen LogP contribution in [0.5, 0.6) is 0 Å². The highest BCUT2D eigenvalue weighted by Gasteiger charge is 2.32. The van der Waals surface area contributed by atoms with Gasteiger partial charge in [-0.15, -0.1) is 11.8 Å². The molecule has 1 N–H and O–H groups in total. The Labute approximate surface area is 219 Å². The van der Waals surface area contributed by atoms with Crippen molar-refractivity contribution in [2.75, 3.05) is 5.75 Å². The summed E-state index contributed by atoms with van der Waals surface area (Å²) in [7, 11) is 0. The van der Waals surface area contributed by atoms with Crippen LogP contribution < -0.4 is 5.32 Å². The molecule has 5 heteroatoms. The van der Waals surface area contributed by atoms with Gasteiger partial charge in [-0.3, -0.25) is 9.59 Å². The molecule has 0 saturated heterocycles. The first-order valence-electron chi connectivity index (χ1n) is 12.9. The molecule has 3 aromatic rings. The van der Waals surface area contributed by atoms with Crippen LogP contribution in [0.2, 0.25) is 0 Å². The van der Waals surface area contributed by atoms with E-state index in [9.17, 15) is 9.59 Å². The van der Waals surface area contributed by atoms with Crippen molar-refractivity contribution in [1.29, 1.82) is 0 Å². The second-order valence-electron chi connectivity index (χ2n) is 9.68. The summed E-state index contributed by atoms with van der Waals surface area (Å²) in [6, 6.07) is 28.1. The number of aryl methyl sites for hydroxylation is 1. The quantitative estimate of drug-likeness (QED) is 0.355. The Morgan fingerprint density at radius 3 is 2.11 bits per heavy atom. The maximum absolute atomic E-state index is 13.7. The van der Waals surface area contributed by atoms with Crippen molar-refractivity contribution in [1.82, 2.24) is 10.2 Å². The van der Waals surface area contributed by atoms with Crippen LogP contribution in [-0.4, -0.2) is 34.6 Å². The summed E-state index contributed by atoms with van der Waals surface area (Å²) >= 11 is 1.60. The van der Waals surface area contributed by atoms with Gasteiger partial charge >= 0.3 is 0 Å². The average molecular weight is 501 g/mol. The van der Waals surface area contributed by atoms with Crippen LogP contribution in [0.3, 0.4) is 0 Å². The Bertz CT molecular complexity index is 1100. The summed E-state index contributed by atoms with van der Waals surface area (Å²) in [6.45, 7) is 2.49. The van der Waals surface area contributed by atoms with Crippen molar-refractivity contribution in [3.63, 3.8) is 0 Å². The van der Waals surface area contributed by atoms with Crippen molar-refractivity contribution in [3.05, 3.63) is 107 Å². The molecular formula is C31H36N2O2S. The van der Waals surface area contributed by atoms with Crippen molar-refractivity contribution in [2.45, 2.75) is 63.4 Å². The summed E-state index contributed by atoms with van der Waals surface area (Å²) in [5, 5.41) is 3.27. The lowest BCUT2D eigenvalue weighted by molar-refractivity contribution is -0.139. The molecule has 0 heterocycles. The molecule has 3 aromatic carbocycles. The molecule has 0 aromatic heterocycles. The van der Waals surface area contributed by atoms with Gasteiger partial charge in [0, 0.05) is 24.8 Å². The molecule has 4 rings (SSSR count). The van der Waals surface area contributed by atoms with Gasteiger partial charge in [0.15, 0.2) is 0 Å². The van der Waals surface area contributed by atoms with Crippen molar-refractivity contribution in [2.24, 2.45) is 0 Å². The second-order valence-corrected chi connectivity index (χ2v) is 10.7. The number of amides is 2. The SMILES string of the molecule is Cc1ccc(CSCC(=O)N(Cc2ccccc2)[C@H](Cc2ccccc2)C(=O)NC2CCCC2)cc1. The molecule has 36 heavy (non-hydrogen) atoms. The predicted molar refractivity (Wildman–Crippen MR) is 149 cm³/mol. The zero-order chi connectivity index (χ0) is 25.2. The van der Waals surface area contributed by atoms with Gasteiger partial charge in [-0.1, -0.05) is 103 Å². The molecule has 0 bridgehead atoms. The number of hydrogen-bond donors (Lipinski definition) is 1. The van der Waals surface area contributed by atoms with E-state index in [2.05, 4.69) is 36.5 Å². The highest BCUT2D eigenvalue weighted by molar-refractivity contribution is 7.99. The van der Waals surface area contributed by atoms with Crippen LogP contribution in [0.25, 0.3) is 0 Å². The van der Waals surface area contributed by atoms with Gasteiger partial charge < -0.3 is 10.2 Å². The minimum atomic E-state index is -0.555. The van der Waals surface area contributed by atoms with Crippen LogP contribution in [0.4, 0.5) is 0 Å². The number of nitrogens with one attached hydrogen (secondary N) is 1. The molecule has 2 amide bonds. The lowest BCUT2D eigenvalue weighted by Crippen LogP contribution is -2.52. The molecule has 188 valence electrons. The molecule has 1 saturated carbocycles. The maximum atomic E-state index is 13.7. The average Bonchev–Trinajstić information content (AvgIpc) is 3.41. The number of hydrogen-bond acceptors (Lipinski definition) is 3. The normalized spacial score (nSPS) is 14.4. The third kappa shape index (κ3) is 7.72. The van der Waals surface area contributed by atoms with Gasteiger partial charge in [0.05, 0.1) is 5.75 Å². The molecule has 1 atom stereocenters. The van der Waals surface area contributed by atoms with E-state index in [0.29, 0.717) is 18.7 Å². The molecule has 0 aliphatic heterocycles. The standard InChI is InChI=1S/C31H36N2O2S/c1-24-16-18-27(19-17-24)22-36-23-30(34)33(21-26-12-6-3-7-13-26)29(20-25-10-4-2-5-11-25)31(35)32-28-14-8-9-15-28/h2-7,10-13,16-19,28-29H,8-9,14-15,20-23H2,1H3,(H,32,35)/t29-/m1/s1. The van der Waals surface area contributed by atoms with Gasteiger partial charge in [-0.2, -0.15) is 0 Å². The fourth-order valence-corrected chi connectivity index (χ4v) is 5.60. The molecule has 0 radical (unpaired) electrons. The first-order valence-corrected chi connectivity index (χ1v) is 14.0. The third-order valence-corrected chi connectivity index (χ3v) is 7.77. The second kappa shape index (κ2) is 13.3. The zero-order valence-electron chi connectivity index (χ0n) is 21.1. The largest absolute Gasteiger partial charge is 0.352 e. The van der Waals surface area contributed by atoms with Crippen LogP contribution in [0, 0.1) is 6.92 Å². The number of thioether (sulfide) groups is 1. The molecule has 1 fully saturated rings. The van der Waals surface area contributed by atoms with Crippen LogP contribution in [-0.2, 0) is 28.3 Å². The van der Waals surface area contributed by atoms with Gasteiger partial charge in [0.2, 0.25) is 11.8 Å². The number of carbonyl (C=O) groups excluding carboxylic acids is 2. The fourth-order valence-electron chi connectivity index (χ4n) is 4.73. The van der Waals surface area contributed by atoms with E-state index in [1.165, 1.54) is 11.1 Å². The number of nitrogens with zero attached hydrogens (tertiary/aromatic N) is 1. The minimum Gasteiger partial charge on any atom is -0.352 e. The molecule has 1 aliphatic carbocycles. The number of rotatable bonds is 11. The van der Waals surface area contributed by atoms with Crippen molar-refractivity contribution >= 4 is 23.6 Å². The van der Waals surface area contributed by atoms with E-state index in [-0.39, 0.29) is 17.9 Å². The van der Waals surface area contributed by atoms with Crippen molar-refractivity contribution < 1.29 is 9.59 Å². The number of carbonyl (C=O) groups is 2. The lowest BCUT2D eigenvalue weighted by Gasteiger charge is -2.32. The minimum absolute atomic E-state index is 0.00142. The highest BCUT2D eigenvalue weighted by Crippen LogP contribution is 2.21. The van der Waals surface area contributed by atoms with E-state index in [0.717, 1.165) is 42.6 Å². The Morgan fingerprint density at radius 1 is 0.861 bits per heavy atom. The van der Waals surface area contributed by atoms with Gasteiger partial charge in [-0.05, 0) is 36.5 Å². The zero-order valence-corrected chi connectivity index (χ0v) is 21.9. The summed E-state index contributed by atoms with van der Waals surface area (Å²) in [5.41, 5.74) is 4.52. The molecule has 1 aliphatic rings. The van der Waals surface area contributed by atoms with Crippen molar-refractivity contribution in [3.8, 4) is 0 Å². The maximum Gasteiger partial charge on any atom is 0.243 e. The third-order valence-electron chi connectivity index (χ3n) is 6.78. The smallest absolute Gasteiger partial charge is 0.243 e. The topological polar surface area (TPSA) is 49.4 Å². The summed E-state index contributed by atoms with van der Waals surface area (Å²) < 4.78 is 0.